The van der Waals surface area contributed by atoms with E-state index in [4.69, 9.17) is 0 Å². The summed E-state index contributed by atoms with van der Waals surface area (Å²) in [6.07, 6.45) is 1.77. The molecule has 0 amide bonds. The van der Waals surface area contributed by atoms with E-state index in [9.17, 15) is 0 Å². The minimum absolute atomic E-state index is 0.824. The van der Waals surface area contributed by atoms with Crippen LogP contribution in [-0.4, -0.2) is 9.97 Å². The number of nitrogens with zero attached hydrogens (tertiary/aromatic N) is 2. The van der Waals surface area contributed by atoms with E-state index in [1.54, 1.807) is 6.20 Å². The number of aromatic nitrogens is 2. The molecule has 0 spiro atoms. The van der Waals surface area contributed by atoms with Gasteiger partial charge in [-0.05, 0) is 18.2 Å². The molecule has 0 bridgehead atoms. The predicted molar refractivity (Wildman–Crippen MR) is 57.9 cm³/mol. The fourth-order valence-electron chi connectivity index (χ4n) is 1.62. The quantitative estimate of drug-likeness (QED) is 0.730. The van der Waals surface area contributed by atoms with E-state index in [0.717, 1.165) is 23.8 Å². The molecule has 74 valence electrons. The molecular weight excluding hydrogens is 188 g/mol. The lowest BCUT2D eigenvalue weighted by atomic mass is 10.2. The third-order valence-corrected chi connectivity index (χ3v) is 2.39. The lowest BCUT2D eigenvalue weighted by molar-refractivity contribution is 0.859. The van der Waals surface area contributed by atoms with Crippen molar-refractivity contribution in [2.24, 2.45) is 0 Å². The first-order chi connectivity index (χ1) is 7.43. The SMILES string of the molecule is c1ccc(-c2ccc3c(n2)NNC3)nc1. The largest absolute Gasteiger partial charge is 0.305 e. The zero-order valence-corrected chi connectivity index (χ0v) is 8.07. The van der Waals surface area contributed by atoms with Crippen LogP contribution in [0, 0.1) is 0 Å². The van der Waals surface area contributed by atoms with Crippen molar-refractivity contribution in [3.05, 3.63) is 42.1 Å². The summed E-state index contributed by atoms with van der Waals surface area (Å²) in [4.78, 5) is 8.75. The maximum Gasteiger partial charge on any atom is 0.145 e. The highest BCUT2D eigenvalue weighted by molar-refractivity contribution is 5.60. The zero-order valence-electron chi connectivity index (χ0n) is 8.07. The van der Waals surface area contributed by atoms with Crippen molar-refractivity contribution < 1.29 is 0 Å². The van der Waals surface area contributed by atoms with Crippen LogP contribution in [0.2, 0.25) is 0 Å². The zero-order chi connectivity index (χ0) is 10.1. The van der Waals surface area contributed by atoms with Crippen molar-refractivity contribution in [1.82, 2.24) is 15.4 Å². The van der Waals surface area contributed by atoms with Gasteiger partial charge in [0.15, 0.2) is 0 Å². The Morgan fingerprint density at radius 2 is 2.07 bits per heavy atom. The highest BCUT2D eigenvalue weighted by atomic mass is 15.4. The van der Waals surface area contributed by atoms with E-state index in [2.05, 4.69) is 26.9 Å². The molecule has 15 heavy (non-hydrogen) atoms. The van der Waals surface area contributed by atoms with Crippen molar-refractivity contribution in [3.63, 3.8) is 0 Å². The normalized spacial score (nSPS) is 13.3. The van der Waals surface area contributed by atoms with E-state index in [1.807, 2.05) is 24.3 Å². The maximum atomic E-state index is 4.49. The standard InChI is InChI=1S/C11H10N4/c1-2-6-12-9(3-1)10-5-4-8-7-13-15-11(8)14-10/h1-6,13H,7H2,(H,14,15). The van der Waals surface area contributed by atoms with Crippen LogP contribution in [0.5, 0.6) is 0 Å². The lowest BCUT2D eigenvalue weighted by Crippen LogP contribution is -2.11. The number of nitrogens with one attached hydrogen (secondary N) is 2. The van der Waals surface area contributed by atoms with Crippen LogP contribution in [0.15, 0.2) is 36.5 Å². The molecule has 4 heteroatoms. The molecule has 2 aromatic heterocycles. The first-order valence-corrected chi connectivity index (χ1v) is 4.84. The summed E-state index contributed by atoms with van der Waals surface area (Å²) in [6.45, 7) is 0.824. The van der Waals surface area contributed by atoms with Crippen molar-refractivity contribution in [1.29, 1.82) is 0 Å². The number of anilines is 1. The van der Waals surface area contributed by atoms with E-state index >= 15 is 0 Å². The van der Waals surface area contributed by atoms with Crippen LogP contribution in [0.1, 0.15) is 5.56 Å². The Labute approximate surface area is 87.4 Å². The molecule has 0 saturated heterocycles. The minimum atomic E-state index is 0.824. The highest BCUT2D eigenvalue weighted by Gasteiger charge is 2.11. The summed E-state index contributed by atoms with van der Waals surface area (Å²) < 4.78 is 0. The molecule has 0 unspecified atom stereocenters. The van der Waals surface area contributed by atoms with Gasteiger partial charge in [-0.2, -0.15) is 0 Å². The third-order valence-electron chi connectivity index (χ3n) is 2.39. The Balaban J connectivity index is 2.07. The number of hydrogen-bond acceptors (Lipinski definition) is 4. The van der Waals surface area contributed by atoms with Crippen LogP contribution >= 0.6 is 0 Å². The summed E-state index contributed by atoms with van der Waals surface area (Å²) in [7, 11) is 0. The van der Waals surface area contributed by atoms with Crippen molar-refractivity contribution in [2.75, 3.05) is 5.43 Å². The predicted octanol–water partition coefficient (Wildman–Crippen LogP) is 1.57. The summed E-state index contributed by atoms with van der Waals surface area (Å²) >= 11 is 0. The summed E-state index contributed by atoms with van der Waals surface area (Å²) in [5, 5.41) is 0. The van der Waals surface area contributed by atoms with E-state index in [1.165, 1.54) is 5.56 Å². The van der Waals surface area contributed by atoms with E-state index < -0.39 is 0 Å². The first-order valence-electron chi connectivity index (χ1n) is 4.84. The number of hydrogen-bond donors (Lipinski definition) is 2. The van der Waals surface area contributed by atoms with Crippen LogP contribution < -0.4 is 10.9 Å². The van der Waals surface area contributed by atoms with Gasteiger partial charge in [-0.25, -0.2) is 10.4 Å². The summed E-state index contributed by atoms with van der Waals surface area (Å²) in [5.74, 6) is 0.901. The van der Waals surface area contributed by atoms with Crippen LogP contribution in [0.3, 0.4) is 0 Å². The molecule has 2 N–H and O–H groups in total. The molecule has 3 rings (SSSR count). The average molecular weight is 198 g/mol. The molecule has 0 fully saturated rings. The Kier molecular flexibility index (Phi) is 1.86. The summed E-state index contributed by atoms with van der Waals surface area (Å²) in [6, 6.07) is 9.88. The monoisotopic (exact) mass is 198 g/mol. The Hall–Kier alpha value is -1.94. The van der Waals surface area contributed by atoms with Crippen LogP contribution in [0.25, 0.3) is 11.4 Å². The van der Waals surface area contributed by atoms with Gasteiger partial charge in [0.25, 0.3) is 0 Å². The smallest absolute Gasteiger partial charge is 0.145 e. The molecule has 0 saturated carbocycles. The van der Waals surface area contributed by atoms with Gasteiger partial charge >= 0.3 is 0 Å². The Morgan fingerprint density at radius 1 is 1.07 bits per heavy atom. The van der Waals surface area contributed by atoms with Gasteiger partial charge in [0.05, 0.1) is 11.4 Å². The topological polar surface area (TPSA) is 49.8 Å². The highest BCUT2D eigenvalue weighted by Crippen LogP contribution is 2.21. The maximum absolute atomic E-state index is 4.49. The molecule has 0 aliphatic carbocycles. The number of rotatable bonds is 1. The molecule has 4 nitrogen and oxygen atoms in total. The second-order valence-corrected chi connectivity index (χ2v) is 3.40. The molecule has 1 aliphatic heterocycles. The Bertz CT molecular complexity index is 481. The third kappa shape index (κ3) is 1.45. The van der Waals surface area contributed by atoms with Crippen LogP contribution in [0.4, 0.5) is 5.82 Å². The van der Waals surface area contributed by atoms with Crippen molar-refractivity contribution in [2.45, 2.75) is 6.54 Å². The lowest BCUT2D eigenvalue weighted by Gasteiger charge is -2.02. The second-order valence-electron chi connectivity index (χ2n) is 3.40. The molecular formula is C11H10N4. The molecule has 0 aromatic carbocycles. The van der Waals surface area contributed by atoms with E-state index in [0.29, 0.717) is 0 Å². The van der Waals surface area contributed by atoms with Gasteiger partial charge in [0.2, 0.25) is 0 Å². The average Bonchev–Trinajstić information content (AvgIpc) is 2.77. The van der Waals surface area contributed by atoms with Gasteiger partial charge in [0.1, 0.15) is 5.82 Å². The molecule has 1 aliphatic rings. The number of fused-ring (bicyclic) bond motifs is 1. The van der Waals surface area contributed by atoms with Gasteiger partial charge in [0, 0.05) is 18.3 Å². The Morgan fingerprint density at radius 3 is 2.93 bits per heavy atom. The fraction of sp³-hybridized carbons (Fsp3) is 0.0909. The van der Waals surface area contributed by atoms with Crippen LogP contribution in [-0.2, 0) is 6.54 Å². The van der Waals surface area contributed by atoms with Gasteiger partial charge in [-0.15, -0.1) is 0 Å². The van der Waals surface area contributed by atoms with Gasteiger partial charge < -0.3 is 5.43 Å². The molecule has 2 aromatic rings. The minimum Gasteiger partial charge on any atom is -0.305 e. The van der Waals surface area contributed by atoms with Gasteiger partial charge in [-0.1, -0.05) is 12.1 Å². The van der Waals surface area contributed by atoms with Gasteiger partial charge in [-0.3, -0.25) is 4.98 Å². The van der Waals surface area contributed by atoms with Crippen molar-refractivity contribution in [3.8, 4) is 11.4 Å². The fourth-order valence-corrected chi connectivity index (χ4v) is 1.62. The van der Waals surface area contributed by atoms with Crippen molar-refractivity contribution >= 4 is 5.82 Å². The number of hydrazine groups is 1. The molecule has 0 atom stereocenters. The first kappa shape index (κ1) is 8.38. The molecule has 3 heterocycles. The second kappa shape index (κ2) is 3.33. The molecule has 0 radical (unpaired) electrons. The number of pyridine rings is 2. The van der Waals surface area contributed by atoms with E-state index in [-0.39, 0.29) is 0 Å². The summed E-state index contributed by atoms with van der Waals surface area (Å²) in [5.41, 5.74) is 9.04.